The number of halogens is 1. The third-order valence-electron chi connectivity index (χ3n) is 3.96. The molecule has 3 amide bonds. The lowest BCUT2D eigenvalue weighted by Crippen LogP contribution is -2.31. The average molecular weight is 405 g/mol. The average Bonchev–Trinajstić information content (AvgIpc) is 2.94. The van der Waals surface area contributed by atoms with Crippen molar-refractivity contribution in [2.75, 3.05) is 23.1 Å². The minimum Gasteiger partial charge on any atom is -0.497 e. The molecule has 140 valence electrons. The number of rotatable bonds is 6. The topological polar surface area (TPSA) is 75.7 Å². The van der Waals surface area contributed by atoms with E-state index in [4.69, 9.17) is 16.3 Å². The SMILES string of the molecule is COc1ccc(NC(=O)CSC2CC(=O)N(c3cccc(Cl)c3)C2=O)cc1. The van der Waals surface area contributed by atoms with E-state index in [1.807, 2.05) is 0 Å². The van der Waals surface area contributed by atoms with Crippen molar-refractivity contribution in [1.82, 2.24) is 0 Å². The maximum Gasteiger partial charge on any atom is 0.247 e. The maximum atomic E-state index is 12.6. The van der Waals surface area contributed by atoms with Crippen LogP contribution in [0, 0.1) is 0 Å². The fraction of sp³-hybridized carbons (Fsp3) is 0.211. The minimum absolute atomic E-state index is 0.0613. The smallest absolute Gasteiger partial charge is 0.247 e. The Labute approximate surface area is 165 Å². The first-order chi connectivity index (χ1) is 13.0. The molecular formula is C19H17ClN2O4S. The lowest BCUT2D eigenvalue weighted by molar-refractivity contribution is -0.121. The van der Waals surface area contributed by atoms with Crippen LogP contribution in [0.2, 0.25) is 5.02 Å². The number of anilines is 2. The van der Waals surface area contributed by atoms with Crippen LogP contribution in [-0.4, -0.2) is 35.8 Å². The van der Waals surface area contributed by atoms with Gasteiger partial charge in [0.1, 0.15) is 5.75 Å². The van der Waals surface area contributed by atoms with Crippen LogP contribution in [0.4, 0.5) is 11.4 Å². The Morgan fingerprint density at radius 2 is 2.00 bits per heavy atom. The Hall–Kier alpha value is -2.51. The van der Waals surface area contributed by atoms with Crippen molar-refractivity contribution in [2.45, 2.75) is 11.7 Å². The highest BCUT2D eigenvalue weighted by Crippen LogP contribution is 2.31. The van der Waals surface area contributed by atoms with E-state index in [0.29, 0.717) is 22.1 Å². The standard InChI is InChI=1S/C19H17ClN2O4S/c1-26-15-7-5-13(6-8-15)21-17(23)11-27-16-10-18(24)22(19(16)25)14-4-2-3-12(20)9-14/h2-9,16H,10-11H2,1H3,(H,21,23). The van der Waals surface area contributed by atoms with Gasteiger partial charge in [-0.25, -0.2) is 4.90 Å². The fourth-order valence-electron chi connectivity index (χ4n) is 2.67. The maximum absolute atomic E-state index is 12.6. The number of methoxy groups -OCH3 is 1. The van der Waals surface area contributed by atoms with E-state index >= 15 is 0 Å². The van der Waals surface area contributed by atoms with Crippen molar-refractivity contribution in [3.63, 3.8) is 0 Å². The summed E-state index contributed by atoms with van der Waals surface area (Å²) in [5.41, 5.74) is 1.08. The lowest BCUT2D eigenvalue weighted by Gasteiger charge is -2.15. The van der Waals surface area contributed by atoms with E-state index in [1.54, 1.807) is 55.6 Å². The van der Waals surface area contributed by atoms with Gasteiger partial charge in [-0.1, -0.05) is 17.7 Å². The second-order valence-corrected chi connectivity index (χ2v) is 7.46. The molecule has 1 atom stereocenters. The summed E-state index contributed by atoms with van der Waals surface area (Å²) in [6.07, 6.45) is 0.0613. The van der Waals surface area contributed by atoms with Crippen molar-refractivity contribution >= 4 is 52.5 Å². The number of nitrogens with zero attached hydrogens (tertiary/aromatic N) is 1. The van der Waals surface area contributed by atoms with E-state index in [-0.39, 0.29) is 29.9 Å². The molecule has 1 saturated heterocycles. The van der Waals surface area contributed by atoms with Crippen LogP contribution in [0.1, 0.15) is 6.42 Å². The molecule has 0 aromatic heterocycles. The number of ether oxygens (including phenoxy) is 1. The number of nitrogens with one attached hydrogen (secondary N) is 1. The molecule has 2 aromatic carbocycles. The van der Waals surface area contributed by atoms with Crippen LogP contribution in [0.25, 0.3) is 0 Å². The van der Waals surface area contributed by atoms with Crippen LogP contribution < -0.4 is 15.0 Å². The molecule has 0 saturated carbocycles. The van der Waals surface area contributed by atoms with E-state index in [0.717, 1.165) is 16.7 Å². The van der Waals surface area contributed by atoms with Crippen LogP contribution in [0.15, 0.2) is 48.5 Å². The molecule has 0 radical (unpaired) electrons. The zero-order valence-corrected chi connectivity index (χ0v) is 16.0. The number of amides is 3. The Kier molecular flexibility index (Phi) is 6.03. The quantitative estimate of drug-likeness (QED) is 0.747. The lowest BCUT2D eigenvalue weighted by atomic mass is 10.3. The molecule has 1 N–H and O–H groups in total. The summed E-state index contributed by atoms with van der Waals surface area (Å²) < 4.78 is 5.07. The predicted octanol–water partition coefficient (Wildman–Crippen LogP) is 3.35. The summed E-state index contributed by atoms with van der Waals surface area (Å²) in [7, 11) is 1.57. The summed E-state index contributed by atoms with van der Waals surface area (Å²) >= 11 is 7.09. The third-order valence-corrected chi connectivity index (χ3v) is 5.40. The minimum atomic E-state index is -0.585. The second-order valence-electron chi connectivity index (χ2n) is 5.83. The zero-order chi connectivity index (χ0) is 19.4. The van der Waals surface area contributed by atoms with Gasteiger partial charge in [-0.2, -0.15) is 0 Å². The van der Waals surface area contributed by atoms with Crippen molar-refractivity contribution in [3.8, 4) is 5.75 Å². The predicted molar refractivity (Wildman–Crippen MR) is 106 cm³/mol. The normalized spacial score (nSPS) is 16.5. The van der Waals surface area contributed by atoms with Gasteiger partial charge in [0, 0.05) is 17.1 Å². The van der Waals surface area contributed by atoms with Crippen LogP contribution in [0.5, 0.6) is 5.75 Å². The van der Waals surface area contributed by atoms with Crippen molar-refractivity contribution in [3.05, 3.63) is 53.6 Å². The highest BCUT2D eigenvalue weighted by molar-refractivity contribution is 8.01. The van der Waals surface area contributed by atoms with Gasteiger partial charge in [-0.05, 0) is 42.5 Å². The first kappa shape index (κ1) is 19.3. The fourth-order valence-corrected chi connectivity index (χ4v) is 3.79. The van der Waals surface area contributed by atoms with E-state index in [2.05, 4.69) is 5.32 Å². The Morgan fingerprint density at radius 1 is 1.26 bits per heavy atom. The van der Waals surface area contributed by atoms with Crippen molar-refractivity contribution in [2.24, 2.45) is 0 Å². The molecule has 1 unspecified atom stereocenters. The molecule has 1 aliphatic rings. The molecule has 6 nitrogen and oxygen atoms in total. The number of carbonyl (C=O) groups is 3. The second kappa shape index (κ2) is 8.45. The molecule has 1 heterocycles. The van der Waals surface area contributed by atoms with Crippen LogP contribution in [0.3, 0.4) is 0 Å². The van der Waals surface area contributed by atoms with Crippen molar-refractivity contribution in [1.29, 1.82) is 0 Å². The van der Waals surface area contributed by atoms with Crippen LogP contribution in [-0.2, 0) is 14.4 Å². The van der Waals surface area contributed by atoms with Gasteiger partial charge < -0.3 is 10.1 Å². The Morgan fingerprint density at radius 3 is 2.67 bits per heavy atom. The largest absolute Gasteiger partial charge is 0.497 e. The molecule has 2 aromatic rings. The van der Waals surface area contributed by atoms with Gasteiger partial charge in [0.15, 0.2) is 0 Å². The Bertz CT molecular complexity index is 872. The summed E-state index contributed by atoms with van der Waals surface area (Å²) in [5.74, 6) is -0.107. The van der Waals surface area contributed by atoms with Gasteiger partial charge >= 0.3 is 0 Å². The van der Waals surface area contributed by atoms with E-state index in [9.17, 15) is 14.4 Å². The molecule has 0 spiro atoms. The van der Waals surface area contributed by atoms with Gasteiger partial charge in [0.05, 0.1) is 23.8 Å². The zero-order valence-electron chi connectivity index (χ0n) is 14.5. The number of carbonyl (C=O) groups excluding carboxylic acids is 3. The third kappa shape index (κ3) is 4.61. The monoisotopic (exact) mass is 404 g/mol. The molecule has 1 aliphatic heterocycles. The number of hydrogen-bond donors (Lipinski definition) is 1. The molecule has 1 fully saturated rings. The van der Waals surface area contributed by atoms with Crippen LogP contribution >= 0.6 is 23.4 Å². The molecule has 0 bridgehead atoms. The molecule has 27 heavy (non-hydrogen) atoms. The van der Waals surface area contributed by atoms with Gasteiger partial charge in [-0.15, -0.1) is 11.8 Å². The number of thioether (sulfide) groups is 1. The number of benzene rings is 2. The van der Waals surface area contributed by atoms with Crippen molar-refractivity contribution < 1.29 is 19.1 Å². The first-order valence-electron chi connectivity index (χ1n) is 8.16. The van der Waals surface area contributed by atoms with Gasteiger partial charge in [-0.3, -0.25) is 14.4 Å². The molecule has 3 rings (SSSR count). The van der Waals surface area contributed by atoms with Gasteiger partial charge in [0.25, 0.3) is 0 Å². The number of hydrogen-bond acceptors (Lipinski definition) is 5. The number of imide groups is 1. The Balaban J connectivity index is 1.57. The molecule has 8 heteroatoms. The summed E-state index contributed by atoms with van der Waals surface area (Å²) in [5, 5.41) is 2.61. The van der Waals surface area contributed by atoms with E-state index < -0.39 is 5.25 Å². The molecule has 0 aliphatic carbocycles. The first-order valence-corrected chi connectivity index (χ1v) is 9.58. The summed E-state index contributed by atoms with van der Waals surface area (Å²) in [4.78, 5) is 38.1. The van der Waals surface area contributed by atoms with E-state index in [1.165, 1.54) is 0 Å². The van der Waals surface area contributed by atoms with Gasteiger partial charge in [0.2, 0.25) is 17.7 Å². The summed E-state index contributed by atoms with van der Waals surface area (Å²) in [6.45, 7) is 0. The summed E-state index contributed by atoms with van der Waals surface area (Å²) in [6, 6.07) is 13.5. The highest BCUT2D eigenvalue weighted by atomic mass is 35.5. The highest BCUT2D eigenvalue weighted by Gasteiger charge is 2.40. The molecular weight excluding hydrogens is 388 g/mol.